The Morgan fingerprint density at radius 1 is 1.24 bits per heavy atom. The molecule has 0 aliphatic carbocycles. The topological polar surface area (TPSA) is 69.7 Å². The van der Waals surface area contributed by atoms with E-state index in [2.05, 4.69) is 4.72 Å². The van der Waals surface area contributed by atoms with E-state index in [-0.39, 0.29) is 12.5 Å². The fourth-order valence-electron chi connectivity index (χ4n) is 2.26. The zero-order chi connectivity index (χ0) is 15.5. The number of carbonyl (C=O) groups excluding carboxylic acids is 1. The van der Waals surface area contributed by atoms with E-state index >= 15 is 0 Å². The first kappa shape index (κ1) is 15.9. The minimum atomic E-state index is -3.45. The van der Waals surface area contributed by atoms with E-state index in [1.165, 1.54) is 14.1 Å². The second-order valence-electron chi connectivity index (χ2n) is 5.30. The van der Waals surface area contributed by atoms with E-state index in [0.29, 0.717) is 13.0 Å². The minimum Gasteiger partial charge on any atom is -0.338 e. The molecule has 21 heavy (non-hydrogen) atoms. The van der Waals surface area contributed by atoms with E-state index in [1.807, 2.05) is 29.2 Å². The fraction of sp³-hybridized carbons (Fsp3) is 0.500. The van der Waals surface area contributed by atoms with Gasteiger partial charge in [0.25, 0.3) is 10.2 Å². The first-order chi connectivity index (χ1) is 9.90. The van der Waals surface area contributed by atoms with E-state index in [1.54, 1.807) is 0 Å². The van der Waals surface area contributed by atoms with Gasteiger partial charge in [-0.05, 0) is 17.5 Å². The maximum absolute atomic E-state index is 11.8. The smallest absolute Gasteiger partial charge is 0.279 e. The van der Waals surface area contributed by atoms with Crippen molar-refractivity contribution in [2.45, 2.75) is 25.9 Å². The molecule has 2 rings (SSSR count). The van der Waals surface area contributed by atoms with E-state index < -0.39 is 10.2 Å². The molecule has 1 aromatic rings. The number of likely N-dealkylation sites (tertiary alicyclic amines) is 1. The average Bonchev–Trinajstić information content (AvgIpc) is 2.83. The Labute approximate surface area is 125 Å². The molecule has 1 aliphatic rings. The van der Waals surface area contributed by atoms with Crippen molar-refractivity contribution in [1.29, 1.82) is 0 Å². The third-order valence-corrected chi connectivity index (χ3v) is 5.05. The molecule has 1 amide bonds. The number of nitrogens with zero attached hydrogens (tertiary/aromatic N) is 2. The molecule has 7 heteroatoms. The molecule has 1 saturated heterocycles. The summed E-state index contributed by atoms with van der Waals surface area (Å²) in [4.78, 5) is 13.5. The highest BCUT2D eigenvalue weighted by Gasteiger charge is 2.21. The molecular formula is C14H21N3O3S. The van der Waals surface area contributed by atoms with Crippen LogP contribution >= 0.6 is 0 Å². The fourth-order valence-corrected chi connectivity index (χ4v) is 2.86. The van der Waals surface area contributed by atoms with Crippen LogP contribution in [0, 0.1) is 0 Å². The van der Waals surface area contributed by atoms with Gasteiger partial charge in [0.1, 0.15) is 0 Å². The Kier molecular flexibility index (Phi) is 4.97. The standard InChI is InChI=1S/C14H21N3O3S/c1-16(2)21(19,20)15-10-12-6-3-4-7-13(12)11-17-9-5-8-14(17)18/h3-4,6-7,15H,5,8-11H2,1-2H3. The van der Waals surface area contributed by atoms with Gasteiger partial charge in [0.05, 0.1) is 0 Å². The van der Waals surface area contributed by atoms with Crippen LogP contribution in [0.2, 0.25) is 0 Å². The monoisotopic (exact) mass is 311 g/mol. The third-order valence-electron chi connectivity index (χ3n) is 3.58. The first-order valence-electron chi connectivity index (χ1n) is 6.92. The van der Waals surface area contributed by atoms with Gasteiger partial charge in [-0.3, -0.25) is 4.79 Å². The van der Waals surface area contributed by atoms with E-state index in [4.69, 9.17) is 0 Å². The lowest BCUT2D eigenvalue weighted by Crippen LogP contribution is -2.35. The van der Waals surface area contributed by atoms with Crippen LogP contribution in [-0.4, -0.2) is 44.2 Å². The second-order valence-corrected chi connectivity index (χ2v) is 7.27. The molecule has 1 heterocycles. The highest BCUT2D eigenvalue weighted by atomic mass is 32.2. The van der Waals surface area contributed by atoms with Gasteiger partial charge in [-0.25, -0.2) is 0 Å². The summed E-state index contributed by atoms with van der Waals surface area (Å²) in [6.45, 7) is 1.54. The van der Waals surface area contributed by atoms with Crippen molar-refractivity contribution in [3.8, 4) is 0 Å². The number of benzene rings is 1. The third kappa shape index (κ3) is 4.03. The second kappa shape index (κ2) is 6.55. The summed E-state index contributed by atoms with van der Waals surface area (Å²) in [5.41, 5.74) is 1.87. The lowest BCUT2D eigenvalue weighted by molar-refractivity contribution is -0.128. The predicted octanol–water partition coefficient (Wildman–Crippen LogP) is 0.705. The summed E-state index contributed by atoms with van der Waals surface area (Å²) >= 11 is 0. The molecule has 116 valence electrons. The van der Waals surface area contributed by atoms with Gasteiger partial charge < -0.3 is 4.90 Å². The summed E-state index contributed by atoms with van der Waals surface area (Å²) in [6, 6.07) is 7.59. The average molecular weight is 311 g/mol. The van der Waals surface area contributed by atoms with Crippen LogP contribution < -0.4 is 4.72 Å². The zero-order valence-corrected chi connectivity index (χ0v) is 13.2. The molecule has 0 bridgehead atoms. The molecule has 0 aromatic heterocycles. The summed E-state index contributed by atoms with van der Waals surface area (Å²) < 4.78 is 27.2. The molecule has 1 aromatic carbocycles. The van der Waals surface area contributed by atoms with Crippen LogP contribution in [0.1, 0.15) is 24.0 Å². The maximum atomic E-state index is 11.8. The van der Waals surface area contributed by atoms with Crippen molar-refractivity contribution in [2.24, 2.45) is 0 Å². The van der Waals surface area contributed by atoms with Crippen LogP contribution in [0.25, 0.3) is 0 Å². The highest BCUT2D eigenvalue weighted by molar-refractivity contribution is 7.87. The van der Waals surface area contributed by atoms with Crippen molar-refractivity contribution in [3.05, 3.63) is 35.4 Å². The molecule has 0 atom stereocenters. The van der Waals surface area contributed by atoms with E-state index in [9.17, 15) is 13.2 Å². The van der Waals surface area contributed by atoms with Crippen molar-refractivity contribution >= 4 is 16.1 Å². The molecule has 1 aliphatic heterocycles. The number of carbonyl (C=O) groups is 1. The van der Waals surface area contributed by atoms with Gasteiger partial charge in [0.15, 0.2) is 0 Å². The normalized spacial score (nSPS) is 16.0. The Morgan fingerprint density at radius 2 is 1.90 bits per heavy atom. The molecule has 6 nitrogen and oxygen atoms in total. The molecule has 0 spiro atoms. The van der Waals surface area contributed by atoms with Crippen LogP contribution in [0.3, 0.4) is 0 Å². The van der Waals surface area contributed by atoms with Crippen LogP contribution in [-0.2, 0) is 28.1 Å². The molecule has 1 fully saturated rings. The lowest BCUT2D eigenvalue weighted by atomic mass is 10.1. The first-order valence-corrected chi connectivity index (χ1v) is 8.36. The maximum Gasteiger partial charge on any atom is 0.279 e. The molecule has 0 radical (unpaired) electrons. The quantitative estimate of drug-likeness (QED) is 0.841. The molecule has 1 N–H and O–H groups in total. The predicted molar refractivity (Wildman–Crippen MR) is 80.5 cm³/mol. The van der Waals surface area contributed by atoms with Gasteiger partial charge in [-0.2, -0.15) is 17.4 Å². The molecule has 0 saturated carbocycles. The number of amides is 1. The Hall–Kier alpha value is -1.44. The summed E-state index contributed by atoms with van der Waals surface area (Å²) in [5, 5.41) is 0. The Balaban J connectivity index is 2.08. The lowest BCUT2D eigenvalue weighted by Gasteiger charge is -2.19. The van der Waals surface area contributed by atoms with Crippen molar-refractivity contribution in [2.75, 3.05) is 20.6 Å². The van der Waals surface area contributed by atoms with Crippen LogP contribution in [0.15, 0.2) is 24.3 Å². The zero-order valence-electron chi connectivity index (χ0n) is 12.4. The summed E-state index contributed by atoms with van der Waals surface area (Å²) in [6.07, 6.45) is 1.50. The van der Waals surface area contributed by atoms with Crippen LogP contribution in [0.5, 0.6) is 0 Å². The number of hydrogen-bond acceptors (Lipinski definition) is 3. The molecule has 0 unspecified atom stereocenters. The highest BCUT2D eigenvalue weighted by Crippen LogP contribution is 2.17. The van der Waals surface area contributed by atoms with Crippen molar-refractivity contribution < 1.29 is 13.2 Å². The number of hydrogen-bond donors (Lipinski definition) is 1. The van der Waals surface area contributed by atoms with Gasteiger partial charge in [0.2, 0.25) is 5.91 Å². The molecular weight excluding hydrogens is 290 g/mol. The Bertz CT molecular complexity index is 614. The van der Waals surface area contributed by atoms with E-state index in [0.717, 1.165) is 28.4 Å². The minimum absolute atomic E-state index is 0.165. The van der Waals surface area contributed by atoms with Crippen molar-refractivity contribution in [1.82, 2.24) is 13.9 Å². The van der Waals surface area contributed by atoms with Crippen LogP contribution in [0.4, 0.5) is 0 Å². The van der Waals surface area contributed by atoms with Crippen molar-refractivity contribution in [3.63, 3.8) is 0 Å². The van der Waals surface area contributed by atoms with Gasteiger partial charge in [0, 0.05) is 40.2 Å². The number of nitrogens with one attached hydrogen (secondary N) is 1. The summed E-state index contributed by atoms with van der Waals surface area (Å²) in [7, 11) is -0.482. The summed E-state index contributed by atoms with van der Waals surface area (Å²) in [5.74, 6) is 0.165. The largest absolute Gasteiger partial charge is 0.338 e. The Morgan fingerprint density at radius 3 is 2.48 bits per heavy atom. The number of rotatable bonds is 6. The SMILES string of the molecule is CN(C)S(=O)(=O)NCc1ccccc1CN1CCCC1=O. The van der Waals surface area contributed by atoms with Gasteiger partial charge >= 0.3 is 0 Å². The van der Waals surface area contributed by atoms with Gasteiger partial charge in [-0.15, -0.1) is 0 Å². The van der Waals surface area contributed by atoms with Gasteiger partial charge in [-0.1, -0.05) is 24.3 Å².